The first-order valence-electron chi connectivity index (χ1n) is 5.14. The number of hydrogen-bond acceptors (Lipinski definition) is 3. The van der Waals surface area contributed by atoms with E-state index >= 15 is 0 Å². The Labute approximate surface area is 90.2 Å². The van der Waals surface area contributed by atoms with E-state index in [2.05, 4.69) is 0 Å². The van der Waals surface area contributed by atoms with Crippen molar-refractivity contribution in [1.82, 2.24) is 0 Å². The molecule has 15 heavy (non-hydrogen) atoms. The molecule has 3 heteroatoms. The van der Waals surface area contributed by atoms with E-state index in [1.54, 1.807) is 6.92 Å². The monoisotopic (exact) mass is 207 g/mol. The van der Waals surface area contributed by atoms with Gasteiger partial charge in [0.2, 0.25) is 0 Å². The minimum Gasteiger partial charge on any atom is -0.466 e. The molecular formula is C12H17NO2. The smallest absolute Gasteiger partial charge is 0.306 e. The van der Waals surface area contributed by atoms with Crippen LogP contribution in [0.2, 0.25) is 0 Å². The van der Waals surface area contributed by atoms with Gasteiger partial charge in [-0.25, -0.2) is 0 Å². The molecule has 1 aromatic rings. The van der Waals surface area contributed by atoms with Gasteiger partial charge in [-0.05, 0) is 37.5 Å². The molecule has 1 aromatic carbocycles. The molecule has 0 saturated heterocycles. The van der Waals surface area contributed by atoms with Gasteiger partial charge in [-0.15, -0.1) is 0 Å². The second kappa shape index (κ2) is 5.39. The summed E-state index contributed by atoms with van der Waals surface area (Å²) in [6.07, 6.45) is 1.03. The molecule has 0 amide bonds. The Balaban J connectivity index is 2.54. The van der Waals surface area contributed by atoms with Crippen molar-refractivity contribution in [3.8, 4) is 0 Å². The number of nitrogens with two attached hydrogens (primary N) is 1. The Morgan fingerprint density at radius 1 is 1.47 bits per heavy atom. The molecule has 82 valence electrons. The highest BCUT2D eigenvalue weighted by Gasteiger charge is 2.04. The number of aryl methyl sites for hydroxylation is 2. The van der Waals surface area contributed by atoms with E-state index in [4.69, 9.17) is 10.5 Å². The molecule has 2 N–H and O–H groups in total. The first-order valence-corrected chi connectivity index (χ1v) is 5.14. The molecule has 0 aliphatic carbocycles. The number of carbonyl (C=O) groups excluding carboxylic acids is 1. The predicted molar refractivity (Wildman–Crippen MR) is 60.5 cm³/mol. The van der Waals surface area contributed by atoms with Crippen molar-refractivity contribution in [1.29, 1.82) is 0 Å². The molecule has 0 heterocycles. The molecule has 0 radical (unpaired) electrons. The summed E-state index contributed by atoms with van der Waals surface area (Å²) in [5, 5.41) is 0. The summed E-state index contributed by atoms with van der Waals surface area (Å²) in [7, 11) is 0. The van der Waals surface area contributed by atoms with Crippen LogP contribution in [0.1, 0.15) is 24.5 Å². The number of benzene rings is 1. The zero-order valence-corrected chi connectivity index (χ0v) is 9.25. The topological polar surface area (TPSA) is 52.3 Å². The first kappa shape index (κ1) is 11.6. The van der Waals surface area contributed by atoms with Crippen LogP contribution in [0, 0.1) is 6.92 Å². The molecular weight excluding hydrogens is 190 g/mol. The minimum atomic E-state index is -0.169. The van der Waals surface area contributed by atoms with Crippen molar-refractivity contribution in [3.63, 3.8) is 0 Å². The molecule has 0 atom stereocenters. The zero-order valence-electron chi connectivity index (χ0n) is 9.25. The van der Waals surface area contributed by atoms with E-state index in [9.17, 15) is 4.79 Å². The van der Waals surface area contributed by atoms with E-state index in [0.29, 0.717) is 19.4 Å². The summed E-state index contributed by atoms with van der Waals surface area (Å²) >= 11 is 0. The highest BCUT2D eigenvalue weighted by atomic mass is 16.5. The van der Waals surface area contributed by atoms with Crippen LogP contribution in [0.15, 0.2) is 18.2 Å². The van der Waals surface area contributed by atoms with E-state index in [0.717, 1.165) is 16.8 Å². The molecule has 0 unspecified atom stereocenters. The van der Waals surface area contributed by atoms with Crippen LogP contribution < -0.4 is 5.73 Å². The fourth-order valence-corrected chi connectivity index (χ4v) is 1.41. The lowest BCUT2D eigenvalue weighted by atomic mass is 10.1. The highest BCUT2D eigenvalue weighted by molar-refractivity contribution is 5.70. The Morgan fingerprint density at radius 2 is 2.20 bits per heavy atom. The van der Waals surface area contributed by atoms with E-state index in [1.165, 1.54) is 0 Å². The Bertz CT molecular complexity index is 347. The molecule has 0 fully saturated rings. The van der Waals surface area contributed by atoms with Gasteiger partial charge in [0.25, 0.3) is 0 Å². The normalized spacial score (nSPS) is 10.0. The summed E-state index contributed by atoms with van der Waals surface area (Å²) in [4.78, 5) is 11.1. The largest absolute Gasteiger partial charge is 0.466 e. The molecule has 0 aromatic heterocycles. The number of esters is 1. The van der Waals surface area contributed by atoms with Gasteiger partial charge in [0, 0.05) is 12.1 Å². The van der Waals surface area contributed by atoms with Crippen molar-refractivity contribution >= 4 is 11.7 Å². The molecule has 0 bridgehead atoms. The second-order valence-electron chi connectivity index (χ2n) is 3.51. The van der Waals surface area contributed by atoms with Gasteiger partial charge in [-0.2, -0.15) is 0 Å². The summed E-state index contributed by atoms with van der Waals surface area (Å²) in [6, 6.07) is 5.88. The van der Waals surface area contributed by atoms with Gasteiger partial charge < -0.3 is 10.5 Å². The Hall–Kier alpha value is -1.51. The molecule has 0 saturated carbocycles. The lowest BCUT2D eigenvalue weighted by Gasteiger charge is -2.06. The average molecular weight is 207 g/mol. The van der Waals surface area contributed by atoms with Crippen molar-refractivity contribution in [2.45, 2.75) is 26.7 Å². The van der Waals surface area contributed by atoms with Crippen LogP contribution in [-0.4, -0.2) is 12.6 Å². The van der Waals surface area contributed by atoms with Crippen molar-refractivity contribution in [2.75, 3.05) is 12.3 Å². The standard InChI is InChI=1S/C12H17NO2/c1-3-15-12(14)7-6-10-5-4-9(2)8-11(10)13/h4-5,8H,3,6-7,13H2,1-2H3. The van der Waals surface area contributed by atoms with Crippen molar-refractivity contribution in [3.05, 3.63) is 29.3 Å². The summed E-state index contributed by atoms with van der Waals surface area (Å²) in [6.45, 7) is 4.23. The Kier molecular flexibility index (Phi) is 4.16. The van der Waals surface area contributed by atoms with Crippen molar-refractivity contribution < 1.29 is 9.53 Å². The lowest BCUT2D eigenvalue weighted by molar-refractivity contribution is -0.143. The quantitative estimate of drug-likeness (QED) is 0.607. The number of ether oxygens (including phenoxy) is 1. The second-order valence-corrected chi connectivity index (χ2v) is 3.51. The van der Waals surface area contributed by atoms with E-state index in [-0.39, 0.29) is 5.97 Å². The first-order chi connectivity index (χ1) is 7.13. The van der Waals surface area contributed by atoms with Crippen LogP contribution in [0.5, 0.6) is 0 Å². The van der Waals surface area contributed by atoms with Gasteiger partial charge in [-0.1, -0.05) is 12.1 Å². The fraction of sp³-hybridized carbons (Fsp3) is 0.417. The number of carbonyl (C=O) groups is 1. The van der Waals surface area contributed by atoms with Crippen LogP contribution in [0.3, 0.4) is 0 Å². The summed E-state index contributed by atoms with van der Waals surface area (Å²) < 4.78 is 4.85. The average Bonchev–Trinajstić information content (AvgIpc) is 2.17. The third kappa shape index (κ3) is 3.62. The van der Waals surface area contributed by atoms with Gasteiger partial charge >= 0.3 is 5.97 Å². The van der Waals surface area contributed by atoms with Gasteiger partial charge in [0.15, 0.2) is 0 Å². The van der Waals surface area contributed by atoms with E-state index in [1.807, 2.05) is 25.1 Å². The maximum atomic E-state index is 11.1. The van der Waals surface area contributed by atoms with Crippen LogP contribution >= 0.6 is 0 Å². The Morgan fingerprint density at radius 3 is 2.80 bits per heavy atom. The molecule has 1 rings (SSSR count). The molecule has 3 nitrogen and oxygen atoms in total. The van der Waals surface area contributed by atoms with Crippen molar-refractivity contribution in [2.24, 2.45) is 0 Å². The lowest BCUT2D eigenvalue weighted by Crippen LogP contribution is -2.06. The maximum Gasteiger partial charge on any atom is 0.306 e. The molecule has 0 aliphatic heterocycles. The molecule has 0 aliphatic rings. The van der Waals surface area contributed by atoms with Gasteiger partial charge in [-0.3, -0.25) is 4.79 Å². The van der Waals surface area contributed by atoms with Crippen LogP contribution in [0.25, 0.3) is 0 Å². The minimum absolute atomic E-state index is 0.169. The van der Waals surface area contributed by atoms with Gasteiger partial charge in [0.1, 0.15) is 0 Å². The SMILES string of the molecule is CCOC(=O)CCc1ccc(C)cc1N. The molecule has 0 spiro atoms. The number of anilines is 1. The van der Waals surface area contributed by atoms with Gasteiger partial charge in [0.05, 0.1) is 6.61 Å². The van der Waals surface area contributed by atoms with E-state index < -0.39 is 0 Å². The number of hydrogen-bond donors (Lipinski definition) is 1. The predicted octanol–water partition coefficient (Wildman–Crippen LogP) is 2.07. The maximum absolute atomic E-state index is 11.1. The van der Waals surface area contributed by atoms with Crippen LogP contribution in [0.4, 0.5) is 5.69 Å². The number of nitrogen functional groups attached to an aromatic ring is 1. The number of rotatable bonds is 4. The summed E-state index contributed by atoms with van der Waals surface area (Å²) in [5.41, 5.74) is 8.72. The zero-order chi connectivity index (χ0) is 11.3. The highest BCUT2D eigenvalue weighted by Crippen LogP contribution is 2.15. The summed E-state index contributed by atoms with van der Waals surface area (Å²) in [5.74, 6) is -0.169. The van der Waals surface area contributed by atoms with Crippen LogP contribution in [-0.2, 0) is 16.0 Å². The third-order valence-corrected chi connectivity index (χ3v) is 2.21. The fourth-order valence-electron chi connectivity index (χ4n) is 1.41. The third-order valence-electron chi connectivity index (χ3n) is 2.21.